The number of carboxylic acids is 1. The maximum absolute atomic E-state index is 11.5. The number of hydrogen-bond acceptors (Lipinski definition) is 2. The molecule has 4 nitrogen and oxygen atoms in total. The van der Waals surface area contributed by atoms with Gasteiger partial charge in [0.05, 0.1) is 0 Å². The summed E-state index contributed by atoms with van der Waals surface area (Å²) in [7, 11) is 0. The van der Waals surface area contributed by atoms with Gasteiger partial charge in [0.25, 0.3) is 0 Å². The smallest absolute Gasteiger partial charge is 0.326 e. The van der Waals surface area contributed by atoms with Gasteiger partial charge in [0.15, 0.2) is 0 Å². The van der Waals surface area contributed by atoms with Crippen molar-refractivity contribution < 1.29 is 14.7 Å². The van der Waals surface area contributed by atoms with Crippen LogP contribution in [0.3, 0.4) is 0 Å². The van der Waals surface area contributed by atoms with Gasteiger partial charge >= 0.3 is 5.97 Å². The van der Waals surface area contributed by atoms with Gasteiger partial charge in [0, 0.05) is 12.8 Å². The van der Waals surface area contributed by atoms with E-state index in [1.54, 1.807) is 0 Å². The third kappa shape index (κ3) is 6.62. The van der Waals surface area contributed by atoms with E-state index in [0.29, 0.717) is 25.7 Å². The van der Waals surface area contributed by atoms with Gasteiger partial charge in [-0.25, -0.2) is 4.79 Å². The highest BCUT2D eigenvalue weighted by molar-refractivity contribution is 5.83. The van der Waals surface area contributed by atoms with Crippen LogP contribution in [0.2, 0.25) is 0 Å². The summed E-state index contributed by atoms with van der Waals surface area (Å²) in [6.45, 7) is 3.72. The summed E-state index contributed by atoms with van der Waals surface area (Å²) >= 11 is 0. The first-order valence-corrected chi connectivity index (χ1v) is 5.98. The van der Waals surface area contributed by atoms with Gasteiger partial charge in [-0.05, 0) is 18.8 Å². The molecule has 0 aliphatic heterocycles. The molecule has 1 amide bonds. The lowest BCUT2D eigenvalue weighted by Crippen LogP contribution is -2.44. The predicted molar refractivity (Wildman–Crippen MR) is 66.3 cm³/mol. The Bertz CT molecular complexity index is 294. The normalized spacial score (nSPS) is 13.5. The molecule has 0 aromatic heterocycles. The van der Waals surface area contributed by atoms with Crippen molar-refractivity contribution >= 4 is 11.9 Å². The van der Waals surface area contributed by atoms with Gasteiger partial charge in [0.2, 0.25) is 5.91 Å². The monoisotopic (exact) mass is 239 g/mol. The summed E-state index contributed by atoms with van der Waals surface area (Å²) in [6.07, 6.45) is 8.29. The average Bonchev–Trinajstić information content (AvgIpc) is 2.30. The predicted octanol–water partition coefficient (Wildman–Crippen LogP) is 1.80. The first-order chi connectivity index (χ1) is 8.02. The number of nitrogens with one attached hydrogen (secondary N) is 1. The second-order valence-electron chi connectivity index (χ2n) is 4.18. The molecule has 0 aliphatic rings. The largest absolute Gasteiger partial charge is 0.480 e. The molecule has 2 atom stereocenters. The third-order valence-electron chi connectivity index (χ3n) is 2.77. The number of amides is 1. The first kappa shape index (κ1) is 15.5. The molecule has 0 unspecified atom stereocenters. The van der Waals surface area contributed by atoms with Crippen molar-refractivity contribution in [3.63, 3.8) is 0 Å². The summed E-state index contributed by atoms with van der Waals surface area (Å²) in [5.41, 5.74) is 0. The van der Waals surface area contributed by atoms with Crippen molar-refractivity contribution in [2.45, 2.75) is 52.0 Å². The number of terminal acetylenes is 1. The van der Waals surface area contributed by atoms with Crippen LogP contribution in [0.1, 0.15) is 46.0 Å². The maximum Gasteiger partial charge on any atom is 0.326 e. The van der Waals surface area contributed by atoms with Crippen LogP contribution in [-0.4, -0.2) is 23.0 Å². The summed E-state index contributed by atoms with van der Waals surface area (Å²) in [4.78, 5) is 22.5. The molecule has 0 rings (SSSR count). The summed E-state index contributed by atoms with van der Waals surface area (Å²) in [6, 6.07) is -0.792. The molecule has 17 heavy (non-hydrogen) atoms. The van der Waals surface area contributed by atoms with E-state index in [0.717, 1.165) is 6.42 Å². The van der Waals surface area contributed by atoms with Crippen LogP contribution in [-0.2, 0) is 9.59 Å². The lowest BCUT2D eigenvalue weighted by atomic mass is 9.99. The highest BCUT2D eigenvalue weighted by Crippen LogP contribution is 2.08. The van der Waals surface area contributed by atoms with E-state index >= 15 is 0 Å². The molecule has 0 fully saturated rings. The van der Waals surface area contributed by atoms with Gasteiger partial charge in [0.1, 0.15) is 6.04 Å². The van der Waals surface area contributed by atoms with Gasteiger partial charge in [-0.3, -0.25) is 4.79 Å². The molecule has 0 aromatic rings. The van der Waals surface area contributed by atoms with Crippen molar-refractivity contribution in [1.29, 1.82) is 0 Å². The molecule has 0 spiro atoms. The molecule has 0 aliphatic carbocycles. The SMILES string of the molecule is C#CCCCCC(=O)N[C@H](C(=O)O)[C@@H](C)CC. The third-order valence-corrected chi connectivity index (χ3v) is 2.77. The Morgan fingerprint density at radius 3 is 2.53 bits per heavy atom. The van der Waals surface area contributed by atoms with E-state index in [9.17, 15) is 9.59 Å². The van der Waals surface area contributed by atoms with Crippen molar-refractivity contribution in [2.75, 3.05) is 0 Å². The highest BCUT2D eigenvalue weighted by atomic mass is 16.4. The molecule has 0 bridgehead atoms. The maximum atomic E-state index is 11.5. The quantitative estimate of drug-likeness (QED) is 0.501. The molecular weight excluding hydrogens is 218 g/mol. The fourth-order valence-electron chi connectivity index (χ4n) is 1.44. The number of aliphatic carboxylic acids is 1. The van der Waals surface area contributed by atoms with Gasteiger partial charge in [-0.2, -0.15) is 0 Å². The molecule has 0 aromatic carbocycles. The zero-order valence-electron chi connectivity index (χ0n) is 10.5. The minimum Gasteiger partial charge on any atom is -0.480 e. The van der Waals surface area contributed by atoms with Crippen LogP contribution in [0.25, 0.3) is 0 Å². The van der Waals surface area contributed by atoms with Crippen LogP contribution in [0.4, 0.5) is 0 Å². The topological polar surface area (TPSA) is 66.4 Å². The Morgan fingerprint density at radius 2 is 2.06 bits per heavy atom. The average molecular weight is 239 g/mol. The molecular formula is C13H21NO3. The molecule has 0 heterocycles. The zero-order chi connectivity index (χ0) is 13.3. The van der Waals surface area contributed by atoms with E-state index in [1.165, 1.54) is 0 Å². The first-order valence-electron chi connectivity index (χ1n) is 5.98. The van der Waals surface area contributed by atoms with Gasteiger partial charge in [-0.1, -0.05) is 20.3 Å². The van der Waals surface area contributed by atoms with Crippen LogP contribution < -0.4 is 5.32 Å². The summed E-state index contributed by atoms with van der Waals surface area (Å²) in [5.74, 6) is 1.25. The van der Waals surface area contributed by atoms with Crippen molar-refractivity contribution in [3.05, 3.63) is 0 Å². The van der Waals surface area contributed by atoms with Crippen LogP contribution >= 0.6 is 0 Å². The Hall–Kier alpha value is -1.50. The Morgan fingerprint density at radius 1 is 1.41 bits per heavy atom. The van der Waals surface area contributed by atoms with E-state index < -0.39 is 12.0 Å². The Labute approximate surface area is 103 Å². The van der Waals surface area contributed by atoms with E-state index in [4.69, 9.17) is 11.5 Å². The number of carboxylic acid groups (broad SMARTS) is 1. The standard InChI is InChI=1S/C13H21NO3/c1-4-6-7-8-9-11(15)14-12(13(16)17)10(3)5-2/h1,10,12H,5-9H2,2-3H3,(H,14,15)(H,16,17)/t10-,12-/m0/s1. The fraction of sp³-hybridized carbons (Fsp3) is 0.692. The highest BCUT2D eigenvalue weighted by Gasteiger charge is 2.24. The summed E-state index contributed by atoms with van der Waals surface area (Å²) in [5, 5.41) is 11.5. The van der Waals surface area contributed by atoms with Crippen molar-refractivity contribution in [1.82, 2.24) is 5.32 Å². The molecule has 4 heteroatoms. The van der Waals surface area contributed by atoms with E-state index in [1.807, 2.05) is 13.8 Å². The van der Waals surface area contributed by atoms with E-state index in [-0.39, 0.29) is 11.8 Å². The molecule has 0 radical (unpaired) electrons. The number of hydrogen-bond donors (Lipinski definition) is 2. The van der Waals surface area contributed by atoms with Crippen LogP contribution in [0.15, 0.2) is 0 Å². The molecule has 96 valence electrons. The van der Waals surface area contributed by atoms with Crippen LogP contribution in [0, 0.1) is 18.3 Å². The van der Waals surface area contributed by atoms with Crippen molar-refractivity contribution in [3.8, 4) is 12.3 Å². The van der Waals surface area contributed by atoms with E-state index in [2.05, 4.69) is 11.2 Å². The van der Waals surface area contributed by atoms with Gasteiger partial charge in [-0.15, -0.1) is 12.3 Å². The second kappa shape index (κ2) is 8.63. The summed E-state index contributed by atoms with van der Waals surface area (Å²) < 4.78 is 0. The molecule has 0 saturated carbocycles. The van der Waals surface area contributed by atoms with Crippen LogP contribution in [0.5, 0.6) is 0 Å². The lowest BCUT2D eigenvalue weighted by molar-refractivity contribution is -0.143. The minimum absolute atomic E-state index is 0.0674. The lowest BCUT2D eigenvalue weighted by Gasteiger charge is -2.20. The Kier molecular flexibility index (Phi) is 7.87. The Balaban J connectivity index is 4.05. The number of carbonyl (C=O) groups is 2. The number of carbonyl (C=O) groups excluding carboxylic acids is 1. The molecule has 2 N–H and O–H groups in total. The minimum atomic E-state index is -0.976. The second-order valence-corrected chi connectivity index (χ2v) is 4.18. The fourth-order valence-corrected chi connectivity index (χ4v) is 1.44. The van der Waals surface area contributed by atoms with Crippen molar-refractivity contribution in [2.24, 2.45) is 5.92 Å². The number of rotatable bonds is 8. The molecule has 0 saturated heterocycles. The zero-order valence-corrected chi connectivity index (χ0v) is 10.5. The number of unbranched alkanes of at least 4 members (excludes halogenated alkanes) is 2. The van der Waals surface area contributed by atoms with Gasteiger partial charge < -0.3 is 10.4 Å².